The zero-order valence-corrected chi connectivity index (χ0v) is 14.9. The Labute approximate surface area is 153 Å². The van der Waals surface area contributed by atoms with Gasteiger partial charge in [0.15, 0.2) is 0 Å². The van der Waals surface area contributed by atoms with Gasteiger partial charge in [0, 0.05) is 45.0 Å². The van der Waals surface area contributed by atoms with Gasteiger partial charge in [-0.2, -0.15) is 5.10 Å². The highest BCUT2D eigenvalue weighted by atomic mass is 16.2. The van der Waals surface area contributed by atoms with E-state index in [-0.39, 0.29) is 11.9 Å². The van der Waals surface area contributed by atoms with Gasteiger partial charge in [-0.3, -0.25) is 9.48 Å². The molecule has 3 amide bonds. The van der Waals surface area contributed by atoms with Crippen LogP contribution in [0.5, 0.6) is 0 Å². The summed E-state index contributed by atoms with van der Waals surface area (Å²) in [4.78, 5) is 25.8. The van der Waals surface area contributed by atoms with Gasteiger partial charge >= 0.3 is 6.03 Å². The Morgan fingerprint density at radius 1 is 1.04 bits per heavy atom. The second kappa shape index (κ2) is 9.03. The van der Waals surface area contributed by atoms with Gasteiger partial charge < -0.3 is 15.5 Å². The molecule has 1 aliphatic heterocycles. The van der Waals surface area contributed by atoms with Crippen molar-refractivity contribution in [3.8, 4) is 0 Å². The topological polar surface area (TPSA) is 79.3 Å². The number of carbonyl (C=O) groups excluding carboxylic acids is 2. The van der Waals surface area contributed by atoms with Gasteiger partial charge in [-0.15, -0.1) is 0 Å². The maximum Gasteiger partial charge on any atom is 0.315 e. The summed E-state index contributed by atoms with van der Waals surface area (Å²) in [6.45, 7) is 3.15. The molecule has 0 bridgehead atoms. The van der Waals surface area contributed by atoms with Gasteiger partial charge in [-0.25, -0.2) is 4.79 Å². The first-order chi connectivity index (χ1) is 12.7. The molecule has 0 atom stereocenters. The molecule has 0 saturated carbocycles. The molecule has 1 fully saturated rings. The first-order valence-electron chi connectivity index (χ1n) is 9.06. The van der Waals surface area contributed by atoms with Crippen LogP contribution in [0, 0.1) is 0 Å². The molecule has 26 heavy (non-hydrogen) atoms. The molecule has 1 saturated heterocycles. The lowest BCUT2D eigenvalue weighted by atomic mass is 10.1. The fraction of sp³-hybridized carbons (Fsp3) is 0.421. The van der Waals surface area contributed by atoms with E-state index in [0.29, 0.717) is 26.1 Å². The molecular formula is C19H25N5O2. The Morgan fingerprint density at radius 3 is 2.54 bits per heavy atom. The van der Waals surface area contributed by atoms with Crippen LogP contribution >= 0.6 is 0 Å². The van der Waals surface area contributed by atoms with Crippen LogP contribution in [0.3, 0.4) is 0 Å². The standard InChI is InChI=1S/C19H25N5O2/c25-18(23-11-3-4-12-23)8-10-20-19(26)21-14-16-6-1-2-7-17(16)15-24-13-5-9-22-24/h1-2,5-7,9,13H,3-4,8,10-12,14-15H2,(H2,20,21,26). The summed E-state index contributed by atoms with van der Waals surface area (Å²) in [7, 11) is 0. The van der Waals surface area contributed by atoms with Crippen molar-refractivity contribution >= 4 is 11.9 Å². The molecular weight excluding hydrogens is 330 g/mol. The number of rotatable bonds is 7. The maximum absolute atomic E-state index is 12.0. The highest BCUT2D eigenvalue weighted by Crippen LogP contribution is 2.10. The van der Waals surface area contributed by atoms with E-state index in [4.69, 9.17) is 0 Å². The number of likely N-dealkylation sites (tertiary alicyclic amines) is 1. The molecule has 138 valence electrons. The Morgan fingerprint density at radius 2 is 1.81 bits per heavy atom. The van der Waals surface area contributed by atoms with Crippen molar-refractivity contribution in [3.05, 3.63) is 53.9 Å². The monoisotopic (exact) mass is 355 g/mol. The molecule has 7 nitrogen and oxygen atoms in total. The summed E-state index contributed by atoms with van der Waals surface area (Å²) >= 11 is 0. The first kappa shape index (κ1) is 18.0. The Kier molecular flexibility index (Phi) is 6.24. The van der Waals surface area contributed by atoms with Gasteiger partial charge in [0.1, 0.15) is 0 Å². The minimum atomic E-state index is -0.256. The molecule has 0 unspecified atom stereocenters. The second-order valence-corrected chi connectivity index (χ2v) is 6.42. The normalized spacial score (nSPS) is 13.6. The minimum Gasteiger partial charge on any atom is -0.343 e. The number of amides is 3. The first-order valence-corrected chi connectivity index (χ1v) is 9.06. The predicted octanol–water partition coefficient (Wildman–Crippen LogP) is 1.74. The van der Waals surface area contributed by atoms with Gasteiger partial charge in [-0.05, 0) is 30.0 Å². The number of hydrogen-bond acceptors (Lipinski definition) is 3. The Balaban J connectivity index is 1.42. The van der Waals surface area contributed by atoms with Crippen molar-refractivity contribution in [2.45, 2.75) is 32.4 Å². The largest absolute Gasteiger partial charge is 0.343 e. The molecule has 0 spiro atoms. The Hall–Kier alpha value is -2.83. The lowest BCUT2D eigenvalue weighted by Crippen LogP contribution is -2.38. The van der Waals surface area contributed by atoms with E-state index in [1.165, 1.54) is 0 Å². The third kappa shape index (κ3) is 5.08. The number of benzene rings is 1. The van der Waals surface area contributed by atoms with E-state index in [2.05, 4.69) is 15.7 Å². The minimum absolute atomic E-state index is 0.118. The summed E-state index contributed by atoms with van der Waals surface area (Å²) in [6.07, 6.45) is 6.17. The van der Waals surface area contributed by atoms with Gasteiger partial charge in [0.2, 0.25) is 5.91 Å². The quantitative estimate of drug-likeness (QED) is 0.794. The van der Waals surface area contributed by atoms with Crippen LogP contribution < -0.4 is 10.6 Å². The van der Waals surface area contributed by atoms with E-state index >= 15 is 0 Å². The highest BCUT2D eigenvalue weighted by Gasteiger charge is 2.17. The molecule has 1 aromatic heterocycles. The molecule has 3 rings (SSSR count). The van der Waals surface area contributed by atoms with Crippen LogP contribution in [-0.2, 0) is 17.9 Å². The van der Waals surface area contributed by atoms with E-state index in [9.17, 15) is 9.59 Å². The average Bonchev–Trinajstić information content (AvgIpc) is 3.35. The molecule has 2 heterocycles. The molecule has 7 heteroatoms. The summed E-state index contributed by atoms with van der Waals surface area (Å²) in [6, 6.07) is 9.59. The van der Waals surface area contributed by atoms with Crippen molar-refractivity contribution < 1.29 is 9.59 Å². The second-order valence-electron chi connectivity index (χ2n) is 6.42. The van der Waals surface area contributed by atoms with Crippen LogP contribution in [0.2, 0.25) is 0 Å². The summed E-state index contributed by atoms with van der Waals surface area (Å²) in [5.41, 5.74) is 2.16. The maximum atomic E-state index is 12.0. The molecule has 0 aliphatic carbocycles. The fourth-order valence-corrected chi connectivity index (χ4v) is 3.10. The number of carbonyl (C=O) groups is 2. The number of hydrogen-bond donors (Lipinski definition) is 2. The van der Waals surface area contributed by atoms with Gasteiger partial charge in [0.05, 0.1) is 6.54 Å². The molecule has 2 aromatic rings. The zero-order chi connectivity index (χ0) is 18.2. The molecule has 0 radical (unpaired) electrons. The van der Waals surface area contributed by atoms with Crippen LogP contribution in [0.15, 0.2) is 42.7 Å². The number of nitrogens with one attached hydrogen (secondary N) is 2. The van der Waals surface area contributed by atoms with E-state index in [1.807, 2.05) is 46.1 Å². The fourth-order valence-electron chi connectivity index (χ4n) is 3.10. The van der Waals surface area contributed by atoms with Crippen LogP contribution in [-0.4, -0.2) is 46.3 Å². The van der Waals surface area contributed by atoms with Crippen molar-refractivity contribution in [2.75, 3.05) is 19.6 Å². The van der Waals surface area contributed by atoms with Crippen molar-refractivity contribution in [1.29, 1.82) is 0 Å². The van der Waals surface area contributed by atoms with Crippen molar-refractivity contribution in [3.63, 3.8) is 0 Å². The van der Waals surface area contributed by atoms with E-state index in [1.54, 1.807) is 6.20 Å². The third-order valence-electron chi connectivity index (χ3n) is 4.53. The predicted molar refractivity (Wildman–Crippen MR) is 98.4 cm³/mol. The number of nitrogens with zero attached hydrogens (tertiary/aromatic N) is 3. The van der Waals surface area contributed by atoms with E-state index in [0.717, 1.165) is 37.1 Å². The van der Waals surface area contributed by atoms with Crippen molar-refractivity contribution in [1.82, 2.24) is 25.3 Å². The Bertz CT molecular complexity index is 723. The van der Waals surface area contributed by atoms with Crippen LogP contribution in [0.1, 0.15) is 30.4 Å². The lowest BCUT2D eigenvalue weighted by Gasteiger charge is -2.15. The number of aromatic nitrogens is 2. The van der Waals surface area contributed by atoms with Crippen LogP contribution in [0.25, 0.3) is 0 Å². The SMILES string of the molecule is O=C(NCCC(=O)N1CCCC1)NCc1ccccc1Cn1cccn1. The average molecular weight is 355 g/mol. The smallest absolute Gasteiger partial charge is 0.315 e. The number of urea groups is 1. The van der Waals surface area contributed by atoms with Crippen LogP contribution in [0.4, 0.5) is 4.79 Å². The zero-order valence-electron chi connectivity index (χ0n) is 14.9. The van der Waals surface area contributed by atoms with E-state index < -0.39 is 0 Å². The molecule has 1 aliphatic rings. The summed E-state index contributed by atoms with van der Waals surface area (Å²) < 4.78 is 1.85. The summed E-state index contributed by atoms with van der Waals surface area (Å²) in [5.74, 6) is 0.118. The lowest BCUT2D eigenvalue weighted by molar-refractivity contribution is -0.129. The van der Waals surface area contributed by atoms with Crippen molar-refractivity contribution in [2.24, 2.45) is 0 Å². The molecule has 2 N–H and O–H groups in total. The third-order valence-corrected chi connectivity index (χ3v) is 4.53. The highest BCUT2D eigenvalue weighted by molar-refractivity contribution is 5.78. The van der Waals surface area contributed by atoms with Gasteiger partial charge in [0.25, 0.3) is 0 Å². The summed E-state index contributed by atoms with van der Waals surface area (Å²) in [5, 5.41) is 9.83. The molecule has 1 aromatic carbocycles. The van der Waals surface area contributed by atoms with Gasteiger partial charge in [-0.1, -0.05) is 24.3 Å².